The van der Waals surface area contributed by atoms with E-state index in [1.165, 1.54) is 5.56 Å². The van der Waals surface area contributed by atoms with Gasteiger partial charge in [0.2, 0.25) is 0 Å². The molecule has 5 heteroatoms. The Morgan fingerprint density at radius 1 is 1.20 bits per heavy atom. The summed E-state index contributed by atoms with van der Waals surface area (Å²) in [6.07, 6.45) is 6.30. The first kappa shape index (κ1) is 17.7. The van der Waals surface area contributed by atoms with Crippen LogP contribution in [-0.2, 0) is 17.8 Å². The van der Waals surface area contributed by atoms with Crippen molar-refractivity contribution in [2.24, 2.45) is 0 Å². The zero-order valence-corrected chi connectivity index (χ0v) is 15.0. The summed E-state index contributed by atoms with van der Waals surface area (Å²) >= 11 is 0. The molecule has 1 aliphatic heterocycles. The Balaban J connectivity index is 1.78. The van der Waals surface area contributed by atoms with Gasteiger partial charge in [0.05, 0.1) is 20.3 Å². The van der Waals surface area contributed by atoms with Crippen molar-refractivity contribution in [2.75, 3.05) is 27.4 Å². The molecule has 25 heavy (non-hydrogen) atoms. The van der Waals surface area contributed by atoms with E-state index in [0.29, 0.717) is 6.10 Å². The molecule has 1 aliphatic rings. The predicted octanol–water partition coefficient (Wildman–Crippen LogP) is 3.28. The molecule has 0 bridgehead atoms. The van der Waals surface area contributed by atoms with Crippen LogP contribution in [0.3, 0.4) is 0 Å². The number of aromatic nitrogens is 1. The third kappa shape index (κ3) is 4.94. The molecule has 1 atom stereocenters. The molecule has 1 saturated heterocycles. The molecule has 0 radical (unpaired) electrons. The average molecular weight is 342 g/mol. The van der Waals surface area contributed by atoms with Crippen LogP contribution in [0.1, 0.15) is 24.0 Å². The van der Waals surface area contributed by atoms with E-state index in [2.05, 4.69) is 16.0 Å². The Hall–Kier alpha value is -2.11. The van der Waals surface area contributed by atoms with Crippen molar-refractivity contribution in [1.82, 2.24) is 9.88 Å². The standard InChI is InChI=1S/C20H26N2O3/c1-23-18-7-8-20(24-2)17(11-18)14-22(15-19-6-4-10-25-19)13-16-5-3-9-21-12-16/h3,5,7-9,11-12,19H,4,6,10,13-15H2,1-2H3. The maximum atomic E-state index is 5.85. The van der Waals surface area contributed by atoms with Crippen LogP contribution in [0, 0.1) is 0 Å². The summed E-state index contributed by atoms with van der Waals surface area (Å²) in [7, 11) is 3.39. The van der Waals surface area contributed by atoms with Crippen LogP contribution in [0.4, 0.5) is 0 Å². The summed E-state index contributed by atoms with van der Waals surface area (Å²) in [5, 5.41) is 0. The fourth-order valence-electron chi connectivity index (χ4n) is 3.26. The largest absolute Gasteiger partial charge is 0.497 e. The third-order valence-electron chi connectivity index (χ3n) is 4.50. The highest BCUT2D eigenvalue weighted by atomic mass is 16.5. The molecular formula is C20H26N2O3. The molecular weight excluding hydrogens is 316 g/mol. The van der Waals surface area contributed by atoms with Gasteiger partial charge < -0.3 is 14.2 Å². The fourth-order valence-corrected chi connectivity index (χ4v) is 3.26. The van der Waals surface area contributed by atoms with Crippen molar-refractivity contribution < 1.29 is 14.2 Å². The topological polar surface area (TPSA) is 43.8 Å². The van der Waals surface area contributed by atoms with Crippen molar-refractivity contribution in [3.8, 4) is 11.5 Å². The smallest absolute Gasteiger partial charge is 0.123 e. The first-order valence-corrected chi connectivity index (χ1v) is 8.72. The highest BCUT2D eigenvalue weighted by Gasteiger charge is 2.20. The van der Waals surface area contributed by atoms with E-state index >= 15 is 0 Å². The molecule has 5 nitrogen and oxygen atoms in total. The maximum absolute atomic E-state index is 5.85. The number of rotatable bonds is 8. The molecule has 3 rings (SSSR count). The highest BCUT2D eigenvalue weighted by molar-refractivity contribution is 5.40. The van der Waals surface area contributed by atoms with E-state index in [9.17, 15) is 0 Å². The maximum Gasteiger partial charge on any atom is 0.123 e. The Morgan fingerprint density at radius 3 is 2.80 bits per heavy atom. The number of pyridine rings is 1. The van der Waals surface area contributed by atoms with Crippen molar-refractivity contribution in [3.63, 3.8) is 0 Å². The van der Waals surface area contributed by atoms with E-state index in [-0.39, 0.29) is 0 Å². The zero-order valence-electron chi connectivity index (χ0n) is 15.0. The lowest BCUT2D eigenvalue weighted by molar-refractivity contribution is 0.0676. The second-order valence-corrected chi connectivity index (χ2v) is 6.34. The van der Waals surface area contributed by atoms with Crippen molar-refractivity contribution in [1.29, 1.82) is 0 Å². The van der Waals surface area contributed by atoms with E-state index < -0.39 is 0 Å². The van der Waals surface area contributed by atoms with Crippen LogP contribution >= 0.6 is 0 Å². The fraction of sp³-hybridized carbons (Fsp3) is 0.450. The lowest BCUT2D eigenvalue weighted by atomic mass is 10.1. The summed E-state index contributed by atoms with van der Waals surface area (Å²) in [5.41, 5.74) is 2.31. The second kappa shape index (κ2) is 8.83. The number of ether oxygens (including phenoxy) is 3. The SMILES string of the molecule is COc1ccc(OC)c(CN(Cc2cccnc2)CC2CCCO2)c1. The lowest BCUT2D eigenvalue weighted by Gasteiger charge is -2.26. The monoisotopic (exact) mass is 342 g/mol. The van der Waals surface area contributed by atoms with Gasteiger partial charge in [-0.05, 0) is 42.7 Å². The zero-order chi connectivity index (χ0) is 17.5. The van der Waals surface area contributed by atoms with Crippen molar-refractivity contribution in [3.05, 3.63) is 53.9 Å². The summed E-state index contributed by atoms with van der Waals surface area (Å²) in [6, 6.07) is 10.0. The van der Waals surface area contributed by atoms with Gasteiger partial charge in [-0.1, -0.05) is 6.07 Å². The van der Waals surface area contributed by atoms with E-state index in [1.54, 1.807) is 20.4 Å². The highest BCUT2D eigenvalue weighted by Crippen LogP contribution is 2.26. The normalized spacial score (nSPS) is 17.0. The van der Waals surface area contributed by atoms with Gasteiger partial charge in [-0.3, -0.25) is 9.88 Å². The molecule has 1 unspecified atom stereocenters. The van der Waals surface area contributed by atoms with Crippen LogP contribution in [-0.4, -0.2) is 43.4 Å². The minimum Gasteiger partial charge on any atom is -0.497 e. The second-order valence-electron chi connectivity index (χ2n) is 6.34. The number of hydrogen-bond acceptors (Lipinski definition) is 5. The third-order valence-corrected chi connectivity index (χ3v) is 4.50. The minimum absolute atomic E-state index is 0.299. The van der Waals surface area contributed by atoms with Gasteiger partial charge in [-0.2, -0.15) is 0 Å². The molecule has 0 N–H and O–H groups in total. The molecule has 2 heterocycles. The molecule has 1 fully saturated rings. The van der Waals surface area contributed by atoms with Gasteiger partial charge in [0.1, 0.15) is 11.5 Å². The number of methoxy groups -OCH3 is 2. The quantitative estimate of drug-likeness (QED) is 0.737. The number of hydrogen-bond donors (Lipinski definition) is 0. The molecule has 0 saturated carbocycles. The van der Waals surface area contributed by atoms with Gasteiger partial charge >= 0.3 is 0 Å². The van der Waals surface area contributed by atoms with Gasteiger partial charge in [0.25, 0.3) is 0 Å². The molecule has 0 aliphatic carbocycles. The Labute approximate surface area is 149 Å². The summed E-state index contributed by atoms with van der Waals surface area (Å²) in [6.45, 7) is 3.37. The summed E-state index contributed by atoms with van der Waals surface area (Å²) in [4.78, 5) is 6.63. The Bertz CT molecular complexity index is 657. The van der Waals surface area contributed by atoms with Crippen LogP contribution in [0.5, 0.6) is 11.5 Å². The van der Waals surface area contributed by atoms with Crippen LogP contribution in [0.15, 0.2) is 42.7 Å². The lowest BCUT2D eigenvalue weighted by Crippen LogP contribution is -2.31. The van der Waals surface area contributed by atoms with Crippen LogP contribution in [0.2, 0.25) is 0 Å². The van der Waals surface area contributed by atoms with Gasteiger partial charge in [0, 0.05) is 44.2 Å². The minimum atomic E-state index is 0.299. The van der Waals surface area contributed by atoms with Crippen LogP contribution in [0.25, 0.3) is 0 Å². The van der Waals surface area contributed by atoms with E-state index in [0.717, 1.165) is 56.1 Å². The Kier molecular flexibility index (Phi) is 6.25. The van der Waals surface area contributed by atoms with Gasteiger partial charge in [0.15, 0.2) is 0 Å². The van der Waals surface area contributed by atoms with Crippen molar-refractivity contribution >= 4 is 0 Å². The predicted molar refractivity (Wildman–Crippen MR) is 96.9 cm³/mol. The van der Waals surface area contributed by atoms with Gasteiger partial charge in [-0.25, -0.2) is 0 Å². The first-order valence-electron chi connectivity index (χ1n) is 8.72. The molecule has 2 aromatic rings. The van der Waals surface area contributed by atoms with Gasteiger partial charge in [-0.15, -0.1) is 0 Å². The first-order chi connectivity index (χ1) is 12.3. The molecule has 134 valence electrons. The molecule has 1 aromatic heterocycles. The molecule has 1 aromatic carbocycles. The van der Waals surface area contributed by atoms with Crippen molar-refractivity contribution in [2.45, 2.75) is 32.0 Å². The van der Waals surface area contributed by atoms with E-state index in [1.807, 2.05) is 30.5 Å². The molecule has 0 spiro atoms. The summed E-state index contributed by atoms with van der Waals surface area (Å²) < 4.78 is 16.8. The number of nitrogens with zero attached hydrogens (tertiary/aromatic N) is 2. The summed E-state index contributed by atoms with van der Waals surface area (Å²) in [5.74, 6) is 1.72. The number of benzene rings is 1. The Morgan fingerprint density at radius 2 is 2.12 bits per heavy atom. The van der Waals surface area contributed by atoms with Crippen LogP contribution < -0.4 is 9.47 Å². The molecule has 0 amide bonds. The van der Waals surface area contributed by atoms with E-state index in [4.69, 9.17) is 14.2 Å². The average Bonchev–Trinajstić information content (AvgIpc) is 3.15.